The van der Waals surface area contributed by atoms with Crippen LogP contribution in [0.5, 0.6) is 11.5 Å². The molecule has 1 aliphatic heterocycles. The summed E-state index contributed by atoms with van der Waals surface area (Å²) in [6, 6.07) is 5.19. The van der Waals surface area contributed by atoms with Crippen molar-refractivity contribution in [1.82, 2.24) is 4.90 Å². The largest absolute Gasteiger partial charge is 0.490 e. The summed E-state index contributed by atoms with van der Waals surface area (Å²) in [5, 5.41) is 22.7. The summed E-state index contributed by atoms with van der Waals surface area (Å²) in [5.74, 6) is -0.783. The van der Waals surface area contributed by atoms with Gasteiger partial charge in [0.15, 0.2) is 11.5 Å². The highest BCUT2D eigenvalue weighted by molar-refractivity contribution is 9.10. The maximum Gasteiger partial charge on any atom is 0.344 e. The van der Waals surface area contributed by atoms with E-state index in [0.29, 0.717) is 41.3 Å². The lowest BCUT2D eigenvalue weighted by atomic mass is 10.1. The van der Waals surface area contributed by atoms with Gasteiger partial charge in [-0.25, -0.2) is 4.79 Å². The van der Waals surface area contributed by atoms with E-state index < -0.39 is 27.2 Å². The highest BCUT2D eigenvalue weighted by Gasteiger charge is 2.27. The Hall–Kier alpha value is -3.16. The van der Waals surface area contributed by atoms with Gasteiger partial charge in [-0.1, -0.05) is 12.2 Å². The van der Waals surface area contributed by atoms with Crippen molar-refractivity contribution < 1.29 is 28.9 Å². The predicted octanol–water partition coefficient (Wildman–Crippen LogP) is 4.20. The van der Waals surface area contributed by atoms with E-state index >= 15 is 0 Å². The van der Waals surface area contributed by atoms with Crippen molar-refractivity contribution in [3.8, 4) is 11.5 Å². The van der Waals surface area contributed by atoms with Crippen LogP contribution in [-0.4, -0.2) is 58.6 Å². The lowest BCUT2D eigenvalue weighted by Crippen LogP contribution is -2.40. The molecule has 2 aromatic carbocycles. The van der Waals surface area contributed by atoms with E-state index in [9.17, 15) is 25.0 Å². The van der Waals surface area contributed by atoms with Crippen LogP contribution in [0.25, 0.3) is 0 Å². The van der Waals surface area contributed by atoms with Crippen molar-refractivity contribution >= 4 is 50.5 Å². The highest BCUT2D eigenvalue weighted by Crippen LogP contribution is 2.38. The van der Waals surface area contributed by atoms with Crippen molar-refractivity contribution in [2.45, 2.75) is 13.8 Å². The van der Waals surface area contributed by atoms with Crippen molar-refractivity contribution in [2.75, 3.05) is 32.9 Å². The molecule has 13 heteroatoms. The van der Waals surface area contributed by atoms with Crippen molar-refractivity contribution in [3.63, 3.8) is 0 Å². The molecule has 0 unspecified atom stereocenters. The van der Waals surface area contributed by atoms with Crippen LogP contribution in [0.1, 0.15) is 28.4 Å². The average molecular weight is 554 g/mol. The molecule has 0 amide bonds. The number of nitro benzene ring substituents is 2. The van der Waals surface area contributed by atoms with Crippen LogP contribution in [0.4, 0.5) is 11.4 Å². The Morgan fingerprint density at radius 2 is 1.71 bits per heavy atom. The number of halogens is 1. The molecule has 0 bridgehead atoms. The van der Waals surface area contributed by atoms with Crippen molar-refractivity contribution in [3.05, 3.63) is 65.7 Å². The molecule has 1 fully saturated rings. The van der Waals surface area contributed by atoms with Crippen LogP contribution in [0.15, 0.2) is 28.7 Å². The zero-order valence-corrected chi connectivity index (χ0v) is 20.6. The molecule has 1 saturated heterocycles. The molecule has 0 spiro atoms. The van der Waals surface area contributed by atoms with Crippen molar-refractivity contribution in [1.29, 1.82) is 0 Å². The quantitative estimate of drug-likeness (QED) is 0.161. The second-order valence-electron chi connectivity index (χ2n) is 7.17. The predicted molar refractivity (Wildman–Crippen MR) is 129 cm³/mol. The van der Waals surface area contributed by atoms with Gasteiger partial charge in [0.1, 0.15) is 10.6 Å². The molecular formula is C21H20BrN3O8S. The Morgan fingerprint density at radius 3 is 2.24 bits per heavy atom. The maximum atomic E-state index is 12.9. The second-order valence-corrected chi connectivity index (χ2v) is 8.41. The summed E-state index contributed by atoms with van der Waals surface area (Å²) in [4.78, 5) is 36.5. The molecule has 0 N–H and O–H groups in total. The first-order chi connectivity index (χ1) is 16.1. The van der Waals surface area contributed by atoms with Gasteiger partial charge in [0, 0.05) is 30.8 Å². The fourth-order valence-corrected chi connectivity index (χ4v) is 4.16. The van der Waals surface area contributed by atoms with Crippen LogP contribution < -0.4 is 9.47 Å². The molecule has 0 saturated carbocycles. The van der Waals surface area contributed by atoms with E-state index in [4.69, 9.17) is 26.4 Å². The number of carbonyl (C=O) groups is 1. The third-order valence-electron chi connectivity index (χ3n) is 5.03. The molecular weight excluding hydrogens is 534 g/mol. The molecule has 3 rings (SSSR count). The number of ether oxygens (including phenoxy) is 3. The lowest BCUT2D eigenvalue weighted by Gasteiger charge is -2.29. The van der Waals surface area contributed by atoms with E-state index in [-0.39, 0.29) is 29.2 Å². The summed E-state index contributed by atoms with van der Waals surface area (Å²) < 4.78 is 16.8. The van der Waals surface area contributed by atoms with Gasteiger partial charge in [-0.05, 0) is 41.9 Å². The van der Waals surface area contributed by atoms with Crippen LogP contribution in [0, 0.1) is 27.2 Å². The number of nitro groups is 2. The summed E-state index contributed by atoms with van der Waals surface area (Å²) in [6.07, 6.45) is 0. The third-order valence-corrected chi connectivity index (χ3v) is 6.11. The summed E-state index contributed by atoms with van der Waals surface area (Å²) >= 11 is 8.97. The molecule has 2 aromatic rings. The third kappa shape index (κ3) is 5.48. The van der Waals surface area contributed by atoms with Crippen LogP contribution >= 0.6 is 28.1 Å². The van der Waals surface area contributed by atoms with Crippen molar-refractivity contribution in [2.24, 2.45) is 0 Å². The molecule has 180 valence electrons. The number of carbonyl (C=O) groups excluding carboxylic acids is 1. The maximum absolute atomic E-state index is 12.9. The van der Waals surface area contributed by atoms with E-state index in [1.165, 1.54) is 6.92 Å². The Kier molecular flexibility index (Phi) is 8.12. The number of esters is 1. The topological polar surface area (TPSA) is 134 Å². The van der Waals surface area contributed by atoms with Gasteiger partial charge >= 0.3 is 5.97 Å². The SMILES string of the molecule is CCOc1cc(C(=S)N2CCOCC2)cc(Br)c1OC(=O)c1cc([N+](=O)[O-])c(C)c([N+](=O)[O-])c1. The van der Waals surface area contributed by atoms with Gasteiger partial charge < -0.3 is 19.1 Å². The number of hydrogen-bond donors (Lipinski definition) is 0. The summed E-state index contributed by atoms with van der Waals surface area (Å²) in [6.45, 7) is 5.65. The van der Waals surface area contributed by atoms with Gasteiger partial charge in [0.2, 0.25) is 0 Å². The second kappa shape index (κ2) is 10.8. The molecule has 34 heavy (non-hydrogen) atoms. The molecule has 0 aliphatic carbocycles. The Morgan fingerprint density at radius 1 is 1.12 bits per heavy atom. The average Bonchev–Trinajstić information content (AvgIpc) is 2.80. The first-order valence-electron chi connectivity index (χ1n) is 10.1. The first-order valence-corrected chi connectivity index (χ1v) is 11.3. The highest BCUT2D eigenvalue weighted by atomic mass is 79.9. The van der Waals surface area contributed by atoms with Crippen LogP contribution in [-0.2, 0) is 4.74 Å². The molecule has 1 aliphatic rings. The molecule has 1 heterocycles. The Balaban J connectivity index is 1.97. The molecule has 0 aromatic heterocycles. The Bertz CT molecular complexity index is 1130. The zero-order valence-electron chi connectivity index (χ0n) is 18.2. The molecule has 0 atom stereocenters. The van der Waals surface area contributed by atoms with Gasteiger partial charge in [0.05, 0.1) is 39.7 Å². The van der Waals surface area contributed by atoms with Crippen LogP contribution in [0.3, 0.4) is 0 Å². The minimum Gasteiger partial charge on any atom is -0.490 e. The molecule has 0 radical (unpaired) electrons. The van der Waals surface area contributed by atoms with E-state index in [2.05, 4.69) is 15.9 Å². The summed E-state index contributed by atoms with van der Waals surface area (Å²) in [5.41, 5.74) is -0.962. The van der Waals surface area contributed by atoms with E-state index in [1.807, 2.05) is 4.90 Å². The van der Waals surface area contributed by atoms with Gasteiger partial charge in [-0.2, -0.15) is 0 Å². The summed E-state index contributed by atoms with van der Waals surface area (Å²) in [7, 11) is 0. The fraction of sp³-hybridized carbons (Fsp3) is 0.333. The van der Waals surface area contributed by atoms with E-state index in [0.717, 1.165) is 12.1 Å². The standard InChI is InChI=1S/C21H20BrN3O8S/c1-3-32-18-11-13(20(34)23-4-6-31-7-5-23)8-15(22)19(18)33-21(26)14-9-16(24(27)28)12(2)17(10-14)25(29)30/h8-11H,3-7H2,1-2H3. The lowest BCUT2D eigenvalue weighted by molar-refractivity contribution is -0.395. The Labute approximate surface area is 208 Å². The minimum atomic E-state index is -1.02. The van der Waals surface area contributed by atoms with Gasteiger partial charge in [-0.3, -0.25) is 20.2 Å². The molecule has 11 nitrogen and oxygen atoms in total. The monoisotopic (exact) mass is 553 g/mol. The minimum absolute atomic E-state index is 0.0197. The number of hydrogen-bond acceptors (Lipinski definition) is 9. The smallest absolute Gasteiger partial charge is 0.344 e. The van der Waals surface area contributed by atoms with E-state index in [1.54, 1.807) is 19.1 Å². The normalized spacial score (nSPS) is 13.3. The number of morpholine rings is 1. The van der Waals surface area contributed by atoms with Crippen LogP contribution in [0.2, 0.25) is 0 Å². The number of rotatable bonds is 7. The zero-order chi connectivity index (χ0) is 25.0. The fourth-order valence-electron chi connectivity index (χ4n) is 3.34. The first kappa shape index (κ1) is 25.5. The van der Waals surface area contributed by atoms with Gasteiger partial charge in [0.25, 0.3) is 11.4 Å². The number of thiocarbonyl (C=S) groups is 1. The number of nitrogens with zero attached hydrogens (tertiary/aromatic N) is 3. The van der Waals surface area contributed by atoms with Gasteiger partial charge in [-0.15, -0.1) is 0 Å². The number of benzene rings is 2.